The summed E-state index contributed by atoms with van der Waals surface area (Å²) in [6.07, 6.45) is 8.39. The predicted molar refractivity (Wildman–Crippen MR) is 227 cm³/mol. The predicted octanol–water partition coefficient (Wildman–Crippen LogP) is 5.65. The highest BCUT2D eigenvalue weighted by atomic mass is 16.6. The number of likely N-dealkylation sites (tertiary alicyclic amines) is 2. The number of rotatable bonds is 16. The summed E-state index contributed by atoms with van der Waals surface area (Å²) in [5.74, 6) is -0.940. The molecular formula is C46H69N5O7. The minimum Gasteiger partial charge on any atom is -0.444 e. The number of alkyl carbamates (subject to hydrolysis) is 1. The Morgan fingerprint density at radius 1 is 0.931 bits per heavy atom. The lowest BCUT2D eigenvalue weighted by Crippen LogP contribution is -2.55. The summed E-state index contributed by atoms with van der Waals surface area (Å²) in [6.45, 7) is 19.2. The first kappa shape index (κ1) is 46.4. The van der Waals surface area contributed by atoms with Crippen LogP contribution >= 0.6 is 0 Å². The maximum absolute atomic E-state index is 14.5. The molecule has 12 heteroatoms. The van der Waals surface area contributed by atoms with Gasteiger partial charge in [0.2, 0.25) is 17.7 Å². The number of Topliss-reactive ketones (excluding diaryl/α,β-unsaturated/α-hetero) is 1. The van der Waals surface area contributed by atoms with Crippen molar-refractivity contribution < 1.29 is 33.8 Å². The van der Waals surface area contributed by atoms with Gasteiger partial charge in [0.05, 0.1) is 18.1 Å². The van der Waals surface area contributed by atoms with Gasteiger partial charge in [0.25, 0.3) is 0 Å². The van der Waals surface area contributed by atoms with E-state index in [4.69, 9.17) is 4.74 Å². The molecule has 0 spiro atoms. The lowest BCUT2D eigenvalue weighted by atomic mass is 9.87. The van der Waals surface area contributed by atoms with Crippen LogP contribution in [0.5, 0.6) is 0 Å². The highest BCUT2D eigenvalue weighted by Crippen LogP contribution is 2.28. The molecule has 4 amide bonds. The number of amides is 4. The topological polar surface area (TPSA) is 157 Å². The zero-order valence-corrected chi connectivity index (χ0v) is 36.3. The number of carbonyl (C=O) groups is 5. The molecule has 2 heterocycles. The van der Waals surface area contributed by atoms with Gasteiger partial charge in [-0.15, -0.1) is 0 Å². The van der Waals surface area contributed by atoms with E-state index in [-0.39, 0.29) is 47.4 Å². The van der Waals surface area contributed by atoms with Gasteiger partial charge in [0, 0.05) is 24.7 Å². The summed E-state index contributed by atoms with van der Waals surface area (Å²) in [6, 6.07) is 7.78. The van der Waals surface area contributed by atoms with Crippen molar-refractivity contribution in [3.8, 4) is 0 Å². The minimum atomic E-state index is -0.770. The van der Waals surface area contributed by atoms with Crippen LogP contribution in [0, 0.1) is 17.8 Å². The third-order valence-electron chi connectivity index (χ3n) is 11.2. The molecular weight excluding hydrogens is 735 g/mol. The molecule has 12 nitrogen and oxygen atoms in total. The molecule has 0 radical (unpaired) electrons. The number of ether oxygens (including phenoxy) is 1. The first-order valence-corrected chi connectivity index (χ1v) is 21.3. The third-order valence-corrected chi connectivity index (χ3v) is 11.2. The number of hydrogen-bond donors (Lipinski definition) is 4. The molecule has 4 N–H and O–H groups in total. The normalized spacial score (nSPS) is 21.3. The molecule has 1 aromatic rings. The van der Waals surface area contributed by atoms with Crippen molar-refractivity contribution in [3.63, 3.8) is 0 Å². The minimum absolute atomic E-state index is 0.0228. The van der Waals surface area contributed by atoms with Gasteiger partial charge in [-0.2, -0.15) is 0 Å². The van der Waals surface area contributed by atoms with Gasteiger partial charge in [-0.25, -0.2) is 4.79 Å². The number of nitrogens with one attached hydrogen (secondary N) is 3. The lowest BCUT2D eigenvalue weighted by Gasteiger charge is -2.35. The van der Waals surface area contributed by atoms with E-state index in [0.717, 1.165) is 31.5 Å². The van der Waals surface area contributed by atoms with Crippen molar-refractivity contribution in [1.29, 1.82) is 0 Å². The fourth-order valence-corrected chi connectivity index (χ4v) is 8.04. The number of nitrogens with zero attached hydrogens (tertiary/aromatic N) is 2. The summed E-state index contributed by atoms with van der Waals surface area (Å²) in [7, 11) is 0. The number of benzene rings is 1. The standard InChI is InChI=1S/C46H69N5O7/c1-29(2)24-37(48-45(57)58-46(7,8)9)18-17-35(25-33-14-11-10-12-15-33)44(56)51-21-13-16-39(51)43(55)49-38(42(54)47-30(3)4)26-34-19-22-50(23-20-34)28-36-27-40(52)31(5)32(6)41(36)53/h10-12,14-15,17-18,27,29-30,34-35,37-40,52H,13,16,19-26,28H2,1-9H3,(H,47,54)(H,48,57)(H,49,55)/b18-17+/t35-,37-,38+,39+,40?/m1/s1. The molecule has 5 atom stereocenters. The molecule has 0 bridgehead atoms. The number of ketones is 1. The number of aliphatic hydroxyl groups excluding tert-OH is 1. The van der Waals surface area contributed by atoms with Crippen LogP contribution in [0.2, 0.25) is 0 Å². The second kappa shape index (κ2) is 21.1. The van der Waals surface area contributed by atoms with Crippen LogP contribution < -0.4 is 16.0 Å². The molecule has 1 unspecified atom stereocenters. The Labute approximate surface area is 346 Å². The third kappa shape index (κ3) is 13.9. The van der Waals surface area contributed by atoms with E-state index in [1.807, 2.05) is 77.1 Å². The fraction of sp³-hybridized carbons (Fsp3) is 0.630. The van der Waals surface area contributed by atoms with E-state index >= 15 is 0 Å². The maximum Gasteiger partial charge on any atom is 0.408 e. The summed E-state index contributed by atoms with van der Waals surface area (Å²) in [5, 5.41) is 19.4. The van der Waals surface area contributed by atoms with Crippen molar-refractivity contribution in [2.75, 3.05) is 26.2 Å². The van der Waals surface area contributed by atoms with Gasteiger partial charge in [0.15, 0.2) is 5.78 Å². The Hall–Kier alpha value is -4.29. The SMILES string of the molecule is CC1=C(C)C(O)C=C(CN2CCC(C[C@H](NC(=O)[C@@H]3CCCN3C(=O)[C@H](/C=C/[C@H](CC(C)C)NC(=O)OC(C)(C)C)Cc3ccccc3)C(=O)NC(C)C)CC2)C1=O. The zero-order chi connectivity index (χ0) is 42.7. The Morgan fingerprint density at radius 3 is 2.22 bits per heavy atom. The van der Waals surface area contributed by atoms with Crippen molar-refractivity contribution in [2.24, 2.45) is 17.8 Å². The van der Waals surface area contributed by atoms with Crippen LogP contribution in [-0.4, -0.2) is 107 Å². The Balaban J connectivity index is 1.46. The molecule has 0 saturated carbocycles. The number of hydrogen-bond acceptors (Lipinski definition) is 8. The van der Waals surface area contributed by atoms with Crippen molar-refractivity contribution in [3.05, 3.63) is 70.8 Å². The molecule has 320 valence electrons. The second-order valence-corrected chi connectivity index (χ2v) is 18.2. The number of aliphatic hydroxyl groups is 1. The molecule has 4 rings (SSSR count). The van der Waals surface area contributed by atoms with Crippen LogP contribution in [0.25, 0.3) is 0 Å². The van der Waals surface area contributed by atoms with E-state index < -0.39 is 35.8 Å². The van der Waals surface area contributed by atoms with E-state index in [1.165, 1.54) is 0 Å². The highest BCUT2D eigenvalue weighted by molar-refractivity contribution is 6.09. The van der Waals surface area contributed by atoms with E-state index in [1.54, 1.807) is 24.8 Å². The van der Waals surface area contributed by atoms with Crippen molar-refractivity contribution in [2.45, 2.75) is 143 Å². The Kier molecular flexibility index (Phi) is 16.9. The van der Waals surface area contributed by atoms with Gasteiger partial charge in [-0.3, -0.25) is 24.1 Å². The van der Waals surface area contributed by atoms with Gasteiger partial charge in [-0.05, 0) is 141 Å². The number of allylic oxidation sites excluding steroid dienone is 1. The lowest BCUT2D eigenvalue weighted by molar-refractivity contribution is -0.141. The molecule has 2 saturated heterocycles. The largest absolute Gasteiger partial charge is 0.444 e. The molecule has 1 aromatic carbocycles. The fourth-order valence-electron chi connectivity index (χ4n) is 8.04. The van der Waals surface area contributed by atoms with Gasteiger partial charge in [0.1, 0.15) is 17.7 Å². The average Bonchev–Trinajstić information content (AvgIpc) is 3.64. The summed E-state index contributed by atoms with van der Waals surface area (Å²) in [5.41, 5.74) is 2.22. The summed E-state index contributed by atoms with van der Waals surface area (Å²) in [4.78, 5) is 71.8. The van der Waals surface area contributed by atoms with Crippen LogP contribution in [0.4, 0.5) is 4.79 Å². The molecule has 1 aliphatic carbocycles. The molecule has 2 aliphatic heterocycles. The van der Waals surface area contributed by atoms with Crippen molar-refractivity contribution >= 4 is 29.6 Å². The molecule has 2 fully saturated rings. The summed E-state index contributed by atoms with van der Waals surface area (Å²) >= 11 is 0. The molecule has 0 aromatic heterocycles. The second-order valence-electron chi connectivity index (χ2n) is 18.2. The van der Waals surface area contributed by atoms with Gasteiger partial charge < -0.3 is 30.7 Å². The monoisotopic (exact) mass is 804 g/mol. The maximum atomic E-state index is 14.5. The smallest absolute Gasteiger partial charge is 0.408 e. The van der Waals surface area contributed by atoms with E-state index in [0.29, 0.717) is 61.9 Å². The van der Waals surface area contributed by atoms with E-state index in [2.05, 4.69) is 34.7 Å². The highest BCUT2D eigenvalue weighted by Gasteiger charge is 2.39. The average molecular weight is 804 g/mol. The number of carbonyl (C=O) groups excluding carboxylic acids is 5. The van der Waals surface area contributed by atoms with E-state index in [9.17, 15) is 29.1 Å². The first-order chi connectivity index (χ1) is 27.3. The zero-order valence-electron chi connectivity index (χ0n) is 36.3. The van der Waals surface area contributed by atoms with Gasteiger partial charge in [-0.1, -0.05) is 56.3 Å². The Morgan fingerprint density at radius 2 is 1.60 bits per heavy atom. The first-order valence-electron chi connectivity index (χ1n) is 21.3. The van der Waals surface area contributed by atoms with Crippen LogP contribution in [0.3, 0.4) is 0 Å². The van der Waals surface area contributed by atoms with Gasteiger partial charge >= 0.3 is 6.09 Å². The number of piperidine rings is 1. The molecule has 58 heavy (non-hydrogen) atoms. The van der Waals surface area contributed by atoms with Crippen LogP contribution in [-0.2, 0) is 30.3 Å². The van der Waals surface area contributed by atoms with Crippen LogP contribution in [0.15, 0.2) is 65.3 Å². The van der Waals surface area contributed by atoms with Crippen LogP contribution in [0.1, 0.15) is 106 Å². The molecule has 3 aliphatic rings. The quantitative estimate of drug-likeness (QED) is 0.156. The van der Waals surface area contributed by atoms with Crippen molar-refractivity contribution in [1.82, 2.24) is 25.8 Å². The Bertz CT molecular complexity index is 1690. The summed E-state index contributed by atoms with van der Waals surface area (Å²) < 4.78 is 5.53.